The third kappa shape index (κ3) is 5.53. The third-order valence-corrected chi connectivity index (χ3v) is 5.74. The van der Waals surface area contributed by atoms with Crippen molar-refractivity contribution in [3.63, 3.8) is 0 Å². The number of rotatable bonds is 8. The van der Waals surface area contributed by atoms with E-state index in [9.17, 15) is 9.50 Å². The van der Waals surface area contributed by atoms with E-state index in [1.807, 2.05) is 13.8 Å². The fourth-order valence-electron chi connectivity index (χ4n) is 2.67. The topological polar surface area (TPSA) is 94.9 Å². The highest BCUT2D eigenvalue weighted by Gasteiger charge is 2.18. The number of aromatic nitrogens is 2. The molecule has 0 amide bonds. The molecule has 3 rings (SSSR count). The largest absolute Gasteiger partial charge is 0.502 e. The van der Waals surface area contributed by atoms with Crippen LogP contribution in [0.25, 0.3) is 26.0 Å². The Morgan fingerprint density at radius 3 is 2.56 bits per heavy atom. The summed E-state index contributed by atoms with van der Waals surface area (Å²) < 4.78 is 25.6. The summed E-state index contributed by atoms with van der Waals surface area (Å²) >= 11 is 7.56. The van der Waals surface area contributed by atoms with Gasteiger partial charge in [-0.05, 0) is 39.0 Å². The standard InChI is InChI=1S/C22H22ClFN4O3S/c1-11(2)31-19-6-5-13(7-18(19)26-4)21-27-28-22(32-21)14-8-16(24)20(9-15(14)23)30-10-17(25)12(3)29/h5-9,11-12,17,29H,10,25H2,1-3H3/t12-,17+/m0/s1. The zero-order chi connectivity index (χ0) is 23.4. The average molecular weight is 477 g/mol. The van der Waals surface area contributed by atoms with Crippen LogP contribution in [0.1, 0.15) is 20.8 Å². The maximum atomic E-state index is 14.6. The maximum Gasteiger partial charge on any atom is 0.228 e. The van der Waals surface area contributed by atoms with Gasteiger partial charge in [0.05, 0.1) is 29.8 Å². The molecular weight excluding hydrogens is 455 g/mol. The summed E-state index contributed by atoms with van der Waals surface area (Å²) in [5.41, 5.74) is 7.14. The second-order valence-corrected chi connectivity index (χ2v) is 8.74. The lowest BCUT2D eigenvalue weighted by Gasteiger charge is -2.16. The molecule has 3 N–H and O–H groups in total. The van der Waals surface area contributed by atoms with Crippen LogP contribution in [0, 0.1) is 12.4 Å². The highest BCUT2D eigenvalue weighted by molar-refractivity contribution is 7.18. The van der Waals surface area contributed by atoms with Gasteiger partial charge in [-0.3, -0.25) is 0 Å². The second-order valence-electron chi connectivity index (χ2n) is 7.35. The minimum absolute atomic E-state index is 0.0544. The molecule has 168 valence electrons. The first-order chi connectivity index (χ1) is 15.2. The lowest BCUT2D eigenvalue weighted by molar-refractivity contribution is 0.129. The van der Waals surface area contributed by atoms with E-state index in [-0.39, 0.29) is 23.5 Å². The normalized spacial score (nSPS) is 13.0. The van der Waals surface area contributed by atoms with Gasteiger partial charge in [0.1, 0.15) is 22.4 Å². The van der Waals surface area contributed by atoms with E-state index in [1.165, 1.54) is 30.4 Å². The van der Waals surface area contributed by atoms with Gasteiger partial charge in [0.25, 0.3) is 0 Å². The van der Waals surface area contributed by atoms with Gasteiger partial charge in [0, 0.05) is 17.2 Å². The van der Waals surface area contributed by atoms with Gasteiger partial charge in [-0.15, -0.1) is 10.2 Å². The summed E-state index contributed by atoms with van der Waals surface area (Å²) in [6, 6.07) is 7.11. The Kier molecular flexibility index (Phi) is 7.64. The number of hydrogen-bond acceptors (Lipinski definition) is 7. The van der Waals surface area contributed by atoms with Crippen LogP contribution in [0.3, 0.4) is 0 Å². The summed E-state index contributed by atoms with van der Waals surface area (Å²) in [6.07, 6.45) is -0.844. The molecule has 0 aliphatic heterocycles. The minimum atomic E-state index is -0.790. The lowest BCUT2D eigenvalue weighted by atomic mass is 10.2. The summed E-state index contributed by atoms with van der Waals surface area (Å²) in [6.45, 7) is 12.6. The van der Waals surface area contributed by atoms with E-state index in [0.717, 1.165) is 0 Å². The highest BCUT2D eigenvalue weighted by Crippen LogP contribution is 2.39. The van der Waals surface area contributed by atoms with Gasteiger partial charge in [0.2, 0.25) is 5.69 Å². The molecule has 10 heteroatoms. The highest BCUT2D eigenvalue weighted by atomic mass is 35.5. The van der Waals surface area contributed by atoms with Crippen LogP contribution >= 0.6 is 22.9 Å². The molecule has 0 saturated heterocycles. The summed E-state index contributed by atoms with van der Waals surface area (Å²) in [7, 11) is 0. The van der Waals surface area contributed by atoms with Gasteiger partial charge in [0.15, 0.2) is 11.6 Å². The van der Waals surface area contributed by atoms with E-state index in [0.29, 0.717) is 32.6 Å². The fraction of sp³-hybridized carbons (Fsp3) is 0.318. The van der Waals surface area contributed by atoms with Crippen LogP contribution < -0.4 is 15.2 Å². The van der Waals surface area contributed by atoms with Gasteiger partial charge in [-0.2, -0.15) is 0 Å². The summed E-state index contributed by atoms with van der Waals surface area (Å²) in [5, 5.41) is 18.9. The van der Waals surface area contributed by atoms with Crippen molar-refractivity contribution >= 4 is 28.6 Å². The number of aliphatic hydroxyl groups is 1. The van der Waals surface area contributed by atoms with E-state index < -0.39 is 18.0 Å². The van der Waals surface area contributed by atoms with Crippen LogP contribution in [0.15, 0.2) is 30.3 Å². The third-order valence-electron chi connectivity index (χ3n) is 4.42. The van der Waals surface area contributed by atoms with Gasteiger partial charge in [-0.1, -0.05) is 29.0 Å². The first-order valence-electron chi connectivity index (χ1n) is 9.77. The molecule has 0 aliphatic rings. The predicted octanol–water partition coefficient (Wildman–Crippen LogP) is 5.09. The van der Waals surface area contributed by atoms with Crippen molar-refractivity contribution in [1.29, 1.82) is 0 Å². The smallest absolute Gasteiger partial charge is 0.228 e. The Hall–Kier alpha value is -2.77. The quantitative estimate of drug-likeness (QED) is 0.440. The zero-order valence-electron chi connectivity index (χ0n) is 17.7. The first-order valence-corrected chi connectivity index (χ1v) is 11.0. The number of ether oxygens (including phenoxy) is 2. The predicted molar refractivity (Wildman–Crippen MR) is 123 cm³/mol. The summed E-state index contributed by atoms with van der Waals surface area (Å²) in [4.78, 5) is 3.52. The molecular formula is C22H22ClFN4O3S. The monoisotopic (exact) mass is 476 g/mol. The SMILES string of the molecule is [C-]#[N+]c1cc(-c2nnc(-c3cc(F)c(OC[C@@H](N)[C@H](C)O)cc3Cl)s2)ccc1OC(C)C. The van der Waals surface area contributed by atoms with Crippen LogP contribution in [-0.2, 0) is 0 Å². The van der Waals surface area contributed by atoms with Crippen LogP contribution in [0.2, 0.25) is 5.02 Å². The average Bonchev–Trinajstić information content (AvgIpc) is 3.23. The Morgan fingerprint density at radius 1 is 1.19 bits per heavy atom. The molecule has 7 nitrogen and oxygen atoms in total. The molecule has 0 bridgehead atoms. The molecule has 0 unspecified atom stereocenters. The van der Waals surface area contributed by atoms with Gasteiger partial charge in [-0.25, -0.2) is 9.24 Å². The number of nitrogens with zero attached hydrogens (tertiary/aromatic N) is 3. The Morgan fingerprint density at radius 2 is 1.91 bits per heavy atom. The molecule has 32 heavy (non-hydrogen) atoms. The number of nitrogens with two attached hydrogens (primary N) is 1. The van der Waals surface area contributed by atoms with Gasteiger partial charge < -0.3 is 20.3 Å². The maximum absolute atomic E-state index is 14.6. The molecule has 1 heterocycles. The molecule has 3 aromatic rings. The molecule has 2 aromatic carbocycles. The van der Waals surface area contributed by atoms with Crippen molar-refractivity contribution < 1.29 is 19.0 Å². The molecule has 1 aromatic heterocycles. The van der Waals surface area contributed by atoms with E-state index in [4.69, 9.17) is 33.4 Å². The lowest BCUT2D eigenvalue weighted by Crippen LogP contribution is -2.38. The summed E-state index contributed by atoms with van der Waals surface area (Å²) in [5.74, 6) is -0.203. The van der Waals surface area contributed by atoms with Crippen LogP contribution in [0.5, 0.6) is 11.5 Å². The Balaban J connectivity index is 1.85. The molecule has 0 radical (unpaired) electrons. The first kappa shape index (κ1) is 23.9. The van der Waals surface area contributed by atoms with Crippen molar-refractivity contribution in [3.8, 4) is 32.6 Å². The van der Waals surface area contributed by atoms with Crippen molar-refractivity contribution in [2.45, 2.75) is 39.0 Å². The molecule has 2 atom stereocenters. The van der Waals surface area contributed by atoms with Crippen LogP contribution in [-0.4, -0.2) is 40.2 Å². The molecule has 0 spiro atoms. The van der Waals surface area contributed by atoms with E-state index in [2.05, 4.69) is 15.0 Å². The van der Waals surface area contributed by atoms with Crippen molar-refractivity contribution in [1.82, 2.24) is 10.2 Å². The second kappa shape index (κ2) is 10.2. The number of halogens is 2. The van der Waals surface area contributed by atoms with E-state index >= 15 is 0 Å². The van der Waals surface area contributed by atoms with Gasteiger partial charge >= 0.3 is 0 Å². The zero-order valence-corrected chi connectivity index (χ0v) is 19.2. The fourth-order valence-corrected chi connectivity index (χ4v) is 3.84. The molecule has 0 aliphatic carbocycles. The Bertz CT molecular complexity index is 1150. The minimum Gasteiger partial charge on any atom is -0.502 e. The van der Waals surface area contributed by atoms with Crippen LogP contribution in [0.4, 0.5) is 10.1 Å². The van der Waals surface area contributed by atoms with Crippen molar-refractivity contribution in [3.05, 3.63) is 52.6 Å². The van der Waals surface area contributed by atoms with Crippen molar-refractivity contribution in [2.75, 3.05) is 6.61 Å². The molecule has 0 fully saturated rings. The Labute approximate surface area is 194 Å². The number of benzene rings is 2. The van der Waals surface area contributed by atoms with Crippen molar-refractivity contribution in [2.24, 2.45) is 5.73 Å². The van der Waals surface area contributed by atoms with E-state index in [1.54, 1.807) is 18.2 Å². The number of hydrogen-bond donors (Lipinski definition) is 2. The number of aliphatic hydroxyl groups excluding tert-OH is 1. The molecule has 0 saturated carbocycles.